The van der Waals surface area contributed by atoms with E-state index in [-0.39, 0.29) is 17.9 Å². The largest absolute Gasteiger partial charge is 0.455 e. The van der Waals surface area contributed by atoms with Gasteiger partial charge in [0, 0.05) is 13.8 Å². The van der Waals surface area contributed by atoms with Gasteiger partial charge in [0.05, 0.1) is 6.04 Å². The van der Waals surface area contributed by atoms with Crippen molar-refractivity contribution < 1.29 is 14.3 Å². The van der Waals surface area contributed by atoms with Gasteiger partial charge in [-0.1, -0.05) is 29.8 Å². The Labute approximate surface area is 107 Å². The van der Waals surface area contributed by atoms with Gasteiger partial charge in [-0.2, -0.15) is 0 Å². The highest BCUT2D eigenvalue weighted by Gasteiger charge is 2.22. The Morgan fingerprint density at radius 2 is 1.72 bits per heavy atom. The first kappa shape index (κ1) is 14.2. The van der Waals surface area contributed by atoms with Gasteiger partial charge in [0.25, 0.3) is 0 Å². The predicted octanol–water partition coefficient (Wildman–Crippen LogP) is 2.12. The van der Waals surface area contributed by atoms with Crippen LogP contribution in [0.5, 0.6) is 0 Å². The molecule has 1 rings (SSSR count). The fraction of sp³-hybridized carbons (Fsp3) is 0.429. The summed E-state index contributed by atoms with van der Waals surface area (Å²) in [5.74, 6) is -0.510. The Morgan fingerprint density at radius 1 is 1.17 bits per heavy atom. The van der Waals surface area contributed by atoms with Crippen molar-refractivity contribution in [3.63, 3.8) is 0 Å². The summed E-state index contributed by atoms with van der Waals surface area (Å²) in [6.07, 6.45) is -0.466. The molecule has 0 aliphatic heterocycles. The second-order valence-corrected chi connectivity index (χ2v) is 4.43. The van der Waals surface area contributed by atoms with E-state index in [1.807, 2.05) is 38.1 Å². The van der Waals surface area contributed by atoms with E-state index in [1.54, 1.807) is 0 Å². The van der Waals surface area contributed by atoms with E-state index in [1.165, 1.54) is 13.8 Å². The van der Waals surface area contributed by atoms with Gasteiger partial charge >= 0.3 is 5.97 Å². The molecule has 0 aliphatic rings. The SMILES string of the molecule is CC(=O)N[C@H](C)[C@H](OC(C)=O)c1ccc(C)cc1. The molecule has 0 aliphatic carbocycles. The zero-order valence-corrected chi connectivity index (χ0v) is 11.2. The number of nitrogens with one attached hydrogen (secondary N) is 1. The maximum atomic E-state index is 11.1. The van der Waals surface area contributed by atoms with E-state index in [9.17, 15) is 9.59 Å². The number of rotatable bonds is 4. The zero-order chi connectivity index (χ0) is 13.7. The third kappa shape index (κ3) is 4.20. The average Bonchev–Trinajstić information content (AvgIpc) is 2.26. The summed E-state index contributed by atoms with van der Waals surface area (Å²) in [4.78, 5) is 22.2. The number of carbonyl (C=O) groups is 2. The predicted molar refractivity (Wildman–Crippen MR) is 69.0 cm³/mol. The van der Waals surface area contributed by atoms with Crippen molar-refractivity contribution in [3.8, 4) is 0 Å². The molecule has 1 N–H and O–H groups in total. The number of carbonyl (C=O) groups excluding carboxylic acids is 2. The normalized spacial score (nSPS) is 13.6. The number of benzene rings is 1. The van der Waals surface area contributed by atoms with Crippen LogP contribution in [0.1, 0.15) is 38.0 Å². The molecule has 0 bridgehead atoms. The van der Waals surface area contributed by atoms with Gasteiger partial charge in [0.15, 0.2) is 0 Å². The lowest BCUT2D eigenvalue weighted by Gasteiger charge is -2.24. The first-order valence-electron chi connectivity index (χ1n) is 5.91. The van der Waals surface area contributed by atoms with Crippen molar-refractivity contribution >= 4 is 11.9 Å². The highest BCUT2D eigenvalue weighted by atomic mass is 16.5. The van der Waals surface area contributed by atoms with Gasteiger partial charge in [-0.15, -0.1) is 0 Å². The lowest BCUT2D eigenvalue weighted by molar-refractivity contribution is -0.149. The van der Waals surface area contributed by atoms with Crippen LogP contribution < -0.4 is 5.32 Å². The summed E-state index contributed by atoms with van der Waals surface area (Å²) in [6, 6.07) is 7.44. The van der Waals surface area contributed by atoms with Crippen LogP contribution in [0.15, 0.2) is 24.3 Å². The fourth-order valence-electron chi connectivity index (χ4n) is 1.79. The minimum absolute atomic E-state index is 0.147. The quantitative estimate of drug-likeness (QED) is 0.832. The van der Waals surface area contributed by atoms with Crippen LogP contribution in [0.3, 0.4) is 0 Å². The molecule has 1 amide bonds. The molecule has 98 valence electrons. The molecular formula is C14H19NO3. The second kappa shape index (κ2) is 6.19. The summed E-state index contributed by atoms with van der Waals surface area (Å²) in [5, 5.41) is 2.75. The Morgan fingerprint density at radius 3 is 2.17 bits per heavy atom. The van der Waals surface area contributed by atoms with E-state index < -0.39 is 6.10 Å². The molecule has 1 aromatic rings. The summed E-state index contributed by atoms with van der Waals surface area (Å²) in [6.45, 7) is 6.61. The molecule has 0 radical (unpaired) electrons. The molecule has 0 saturated carbocycles. The van der Waals surface area contributed by atoms with Gasteiger partial charge in [0.1, 0.15) is 6.10 Å². The first-order valence-corrected chi connectivity index (χ1v) is 5.91. The van der Waals surface area contributed by atoms with Gasteiger partial charge in [-0.25, -0.2) is 0 Å². The molecule has 1 aromatic carbocycles. The number of ether oxygens (including phenoxy) is 1. The fourth-order valence-corrected chi connectivity index (χ4v) is 1.79. The standard InChI is InChI=1S/C14H19NO3/c1-9-5-7-13(8-6-9)14(18-12(4)17)10(2)15-11(3)16/h5-8,10,14H,1-4H3,(H,15,16)/t10-,14+/m1/s1. The van der Waals surface area contributed by atoms with Crippen LogP contribution in [0.2, 0.25) is 0 Å². The minimum atomic E-state index is -0.466. The minimum Gasteiger partial charge on any atom is -0.455 e. The van der Waals surface area contributed by atoms with Crippen molar-refractivity contribution in [2.24, 2.45) is 0 Å². The summed E-state index contributed by atoms with van der Waals surface area (Å²) < 4.78 is 5.29. The van der Waals surface area contributed by atoms with Crippen LogP contribution in [0.25, 0.3) is 0 Å². The summed E-state index contributed by atoms with van der Waals surface area (Å²) in [7, 11) is 0. The van der Waals surface area contributed by atoms with Crippen molar-refractivity contribution in [1.82, 2.24) is 5.32 Å². The van der Waals surface area contributed by atoms with Crippen LogP contribution in [0.4, 0.5) is 0 Å². The van der Waals surface area contributed by atoms with E-state index >= 15 is 0 Å². The Hall–Kier alpha value is -1.84. The highest BCUT2D eigenvalue weighted by molar-refractivity contribution is 5.73. The van der Waals surface area contributed by atoms with E-state index in [0.29, 0.717) is 0 Å². The summed E-state index contributed by atoms with van der Waals surface area (Å²) >= 11 is 0. The second-order valence-electron chi connectivity index (χ2n) is 4.43. The van der Waals surface area contributed by atoms with Crippen LogP contribution in [-0.4, -0.2) is 17.9 Å². The van der Waals surface area contributed by atoms with Crippen molar-refractivity contribution in [2.75, 3.05) is 0 Å². The number of aryl methyl sites for hydroxylation is 1. The summed E-state index contributed by atoms with van der Waals surface area (Å²) in [5.41, 5.74) is 2.00. The van der Waals surface area contributed by atoms with Gasteiger partial charge in [-0.3, -0.25) is 9.59 Å². The smallest absolute Gasteiger partial charge is 0.303 e. The topological polar surface area (TPSA) is 55.4 Å². The molecule has 0 heterocycles. The van der Waals surface area contributed by atoms with E-state index in [2.05, 4.69) is 5.32 Å². The van der Waals surface area contributed by atoms with Gasteiger partial charge in [0.2, 0.25) is 5.91 Å². The number of amides is 1. The Balaban J connectivity index is 2.93. The third-order valence-corrected chi connectivity index (χ3v) is 2.58. The highest BCUT2D eigenvalue weighted by Crippen LogP contribution is 2.22. The van der Waals surface area contributed by atoms with E-state index in [4.69, 9.17) is 4.74 Å². The van der Waals surface area contributed by atoms with E-state index in [0.717, 1.165) is 11.1 Å². The van der Waals surface area contributed by atoms with Gasteiger partial charge < -0.3 is 10.1 Å². The molecule has 0 saturated heterocycles. The van der Waals surface area contributed by atoms with Crippen molar-refractivity contribution in [2.45, 2.75) is 39.8 Å². The lowest BCUT2D eigenvalue weighted by atomic mass is 10.0. The van der Waals surface area contributed by atoms with Crippen LogP contribution >= 0.6 is 0 Å². The molecule has 2 atom stereocenters. The Kier molecular flexibility index (Phi) is 4.89. The first-order chi connectivity index (χ1) is 8.40. The lowest BCUT2D eigenvalue weighted by Crippen LogP contribution is -2.37. The van der Waals surface area contributed by atoms with Gasteiger partial charge in [-0.05, 0) is 19.4 Å². The van der Waals surface area contributed by atoms with Crippen LogP contribution in [0, 0.1) is 6.92 Å². The number of hydrogen-bond acceptors (Lipinski definition) is 3. The molecule has 0 fully saturated rings. The Bertz CT molecular complexity index is 425. The molecular weight excluding hydrogens is 230 g/mol. The molecule has 0 aromatic heterocycles. The molecule has 18 heavy (non-hydrogen) atoms. The van der Waals surface area contributed by atoms with Crippen LogP contribution in [-0.2, 0) is 14.3 Å². The average molecular weight is 249 g/mol. The van der Waals surface area contributed by atoms with Crippen molar-refractivity contribution in [1.29, 1.82) is 0 Å². The zero-order valence-electron chi connectivity index (χ0n) is 11.2. The maximum absolute atomic E-state index is 11.1. The number of hydrogen-bond donors (Lipinski definition) is 1. The molecule has 4 heteroatoms. The molecule has 0 unspecified atom stereocenters. The molecule has 0 spiro atoms. The maximum Gasteiger partial charge on any atom is 0.303 e. The number of esters is 1. The monoisotopic (exact) mass is 249 g/mol. The molecule has 4 nitrogen and oxygen atoms in total. The van der Waals surface area contributed by atoms with Crippen molar-refractivity contribution in [3.05, 3.63) is 35.4 Å². The third-order valence-electron chi connectivity index (χ3n) is 2.58.